The number of amides is 2. The summed E-state index contributed by atoms with van der Waals surface area (Å²) in [5, 5.41) is 0. The van der Waals surface area contributed by atoms with Gasteiger partial charge in [0.25, 0.3) is 11.8 Å². The van der Waals surface area contributed by atoms with Crippen LogP contribution >= 0.6 is 15.9 Å². The monoisotopic (exact) mass is 436 g/mol. The molecule has 0 radical (unpaired) electrons. The fraction of sp³-hybridized carbons (Fsp3) is 0.263. The molecule has 2 rings (SSSR count). The van der Waals surface area contributed by atoms with E-state index in [1.54, 1.807) is 43.3 Å². The Hall–Kier alpha value is -2.74. The molecule has 1 atom stereocenters. The van der Waals surface area contributed by atoms with Crippen molar-refractivity contribution in [2.24, 2.45) is 0 Å². The Bertz CT molecular complexity index is 795. The van der Waals surface area contributed by atoms with Crippen LogP contribution in [0, 0.1) is 0 Å². The van der Waals surface area contributed by atoms with E-state index in [0.717, 1.165) is 4.47 Å². The van der Waals surface area contributed by atoms with E-state index in [2.05, 4.69) is 26.8 Å². The molecule has 0 bridgehead atoms. The highest BCUT2D eigenvalue weighted by Gasteiger charge is 2.17. The fourth-order valence-electron chi connectivity index (χ4n) is 2.15. The molecule has 2 aromatic carbocycles. The fourth-order valence-corrected chi connectivity index (χ4v) is 2.41. The van der Waals surface area contributed by atoms with Gasteiger partial charge in [-0.3, -0.25) is 20.4 Å². The standard InChI is InChI=1S/C19H21BrN2O5/c1-4-26-16-10-5-13(11-17(16)25-3)19(24)22-21-18(23)12(2)27-15-8-6-14(20)7-9-15/h5-12H,4H2,1-3H3,(H,21,23)(H,22,24)/t12-/m1/s1. The number of hydrogen-bond acceptors (Lipinski definition) is 5. The predicted molar refractivity (Wildman–Crippen MR) is 104 cm³/mol. The van der Waals surface area contributed by atoms with Crippen LogP contribution in [0.5, 0.6) is 17.2 Å². The van der Waals surface area contributed by atoms with Gasteiger partial charge in [0.2, 0.25) is 0 Å². The van der Waals surface area contributed by atoms with E-state index in [1.807, 2.05) is 6.92 Å². The third-order valence-corrected chi connectivity index (χ3v) is 4.05. The maximum Gasteiger partial charge on any atom is 0.279 e. The van der Waals surface area contributed by atoms with Crippen molar-refractivity contribution in [3.8, 4) is 17.2 Å². The van der Waals surface area contributed by atoms with E-state index in [0.29, 0.717) is 29.4 Å². The van der Waals surface area contributed by atoms with Crippen molar-refractivity contribution >= 4 is 27.7 Å². The Labute approximate surface area is 166 Å². The minimum atomic E-state index is -0.790. The highest BCUT2D eigenvalue weighted by atomic mass is 79.9. The van der Waals surface area contributed by atoms with Gasteiger partial charge in [0.05, 0.1) is 13.7 Å². The first-order valence-corrected chi connectivity index (χ1v) is 9.07. The smallest absolute Gasteiger partial charge is 0.279 e. The maximum atomic E-state index is 12.2. The lowest BCUT2D eigenvalue weighted by atomic mass is 10.2. The Balaban J connectivity index is 1.92. The molecular weight excluding hydrogens is 416 g/mol. The third-order valence-electron chi connectivity index (χ3n) is 3.52. The highest BCUT2D eigenvalue weighted by Crippen LogP contribution is 2.27. The Morgan fingerprint density at radius 2 is 1.78 bits per heavy atom. The number of nitrogens with one attached hydrogen (secondary N) is 2. The average Bonchev–Trinajstić information content (AvgIpc) is 2.68. The van der Waals surface area contributed by atoms with Crippen LogP contribution in [-0.2, 0) is 4.79 Å². The lowest BCUT2D eigenvalue weighted by molar-refractivity contribution is -0.128. The molecule has 7 nitrogen and oxygen atoms in total. The molecule has 0 spiro atoms. The van der Waals surface area contributed by atoms with Crippen molar-refractivity contribution in [2.75, 3.05) is 13.7 Å². The van der Waals surface area contributed by atoms with Gasteiger partial charge in [0.1, 0.15) is 5.75 Å². The first-order chi connectivity index (χ1) is 12.9. The number of carbonyl (C=O) groups excluding carboxylic acids is 2. The molecule has 0 heterocycles. The van der Waals surface area contributed by atoms with Crippen LogP contribution in [-0.4, -0.2) is 31.6 Å². The normalized spacial score (nSPS) is 11.3. The first kappa shape index (κ1) is 20.6. The van der Waals surface area contributed by atoms with Crippen LogP contribution in [0.15, 0.2) is 46.9 Å². The predicted octanol–water partition coefficient (Wildman–Crippen LogP) is 3.08. The van der Waals surface area contributed by atoms with Gasteiger partial charge in [-0.05, 0) is 56.3 Å². The van der Waals surface area contributed by atoms with Gasteiger partial charge in [0, 0.05) is 10.0 Å². The summed E-state index contributed by atoms with van der Waals surface area (Å²) < 4.78 is 17.1. The molecule has 2 N–H and O–H groups in total. The average molecular weight is 437 g/mol. The highest BCUT2D eigenvalue weighted by molar-refractivity contribution is 9.10. The molecular formula is C19H21BrN2O5. The summed E-state index contributed by atoms with van der Waals surface area (Å²) >= 11 is 3.33. The molecule has 0 aliphatic heterocycles. The van der Waals surface area contributed by atoms with E-state index >= 15 is 0 Å². The quantitative estimate of drug-likeness (QED) is 0.651. The van der Waals surface area contributed by atoms with Crippen LogP contribution in [0.25, 0.3) is 0 Å². The second-order valence-electron chi connectivity index (χ2n) is 5.46. The largest absolute Gasteiger partial charge is 0.493 e. The lowest BCUT2D eigenvalue weighted by Crippen LogP contribution is -2.47. The van der Waals surface area contributed by atoms with Crippen molar-refractivity contribution in [2.45, 2.75) is 20.0 Å². The molecule has 8 heteroatoms. The molecule has 0 saturated carbocycles. The molecule has 144 valence electrons. The van der Waals surface area contributed by atoms with E-state index in [1.165, 1.54) is 13.2 Å². The van der Waals surface area contributed by atoms with Crippen LogP contribution in [0.2, 0.25) is 0 Å². The second-order valence-corrected chi connectivity index (χ2v) is 6.37. The van der Waals surface area contributed by atoms with Crippen molar-refractivity contribution in [3.05, 3.63) is 52.5 Å². The minimum Gasteiger partial charge on any atom is -0.493 e. The molecule has 0 aromatic heterocycles. The van der Waals surface area contributed by atoms with E-state index < -0.39 is 17.9 Å². The molecule has 27 heavy (non-hydrogen) atoms. The van der Waals surface area contributed by atoms with Gasteiger partial charge in [-0.1, -0.05) is 15.9 Å². The number of hydrogen-bond donors (Lipinski definition) is 2. The number of benzene rings is 2. The van der Waals surface area contributed by atoms with Crippen LogP contribution in [0.3, 0.4) is 0 Å². The van der Waals surface area contributed by atoms with E-state index in [9.17, 15) is 9.59 Å². The maximum absolute atomic E-state index is 12.2. The topological polar surface area (TPSA) is 85.9 Å². The third kappa shape index (κ3) is 5.89. The van der Waals surface area contributed by atoms with Crippen molar-refractivity contribution < 1.29 is 23.8 Å². The van der Waals surface area contributed by atoms with Gasteiger partial charge in [0.15, 0.2) is 17.6 Å². The zero-order chi connectivity index (χ0) is 19.8. The number of ether oxygens (including phenoxy) is 3. The van der Waals surface area contributed by atoms with Gasteiger partial charge < -0.3 is 14.2 Å². The van der Waals surface area contributed by atoms with Gasteiger partial charge in [-0.15, -0.1) is 0 Å². The summed E-state index contributed by atoms with van der Waals surface area (Å²) in [6, 6.07) is 11.8. The van der Waals surface area contributed by atoms with E-state index in [4.69, 9.17) is 14.2 Å². The molecule has 0 aliphatic carbocycles. The number of rotatable bonds is 7. The summed E-state index contributed by atoms with van der Waals surface area (Å²) in [6.45, 7) is 3.92. The Morgan fingerprint density at radius 1 is 1.07 bits per heavy atom. The molecule has 0 unspecified atom stereocenters. The minimum absolute atomic E-state index is 0.317. The first-order valence-electron chi connectivity index (χ1n) is 8.27. The van der Waals surface area contributed by atoms with Gasteiger partial charge in [-0.25, -0.2) is 0 Å². The van der Waals surface area contributed by atoms with Crippen LogP contribution < -0.4 is 25.1 Å². The van der Waals surface area contributed by atoms with Crippen molar-refractivity contribution in [1.82, 2.24) is 10.9 Å². The molecule has 0 aliphatic rings. The summed E-state index contributed by atoms with van der Waals surface area (Å²) in [6.07, 6.45) is -0.790. The zero-order valence-electron chi connectivity index (χ0n) is 15.2. The van der Waals surface area contributed by atoms with Gasteiger partial charge >= 0.3 is 0 Å². The van der Waals surface area contributed by atoms with Crippen molar-refractivity contribution in [1.29, 1.82) is 0 Å². The molecule has 0 saturated heterocycles. The van der Waals surface area contributed by atoms with Crippen molar-refractivity contribution in [3.63, 3.8) is 0 Å². The van der Waals surface area contributed by atoms with E-state index in [-0.39, 0.29) is 0 Å². The zero-order valence-corrected chi connectivity index (χ0v) is 16.8. The van der Waals surface area contributed by atoms with Crippen LogP contribution in [0.4, 0.5) is 0 Å². The molecule has 2 aromatic rings. The summed E-state index contributed by atoms with van der Waals surface area (Å²) in [4.78, 5) is 24.3. The number of halogens is 1. The molecule has 0 fully saturated rings. The Morgan fingerprint density at radius 3 is 2.41 bits per heavy atom. The number of methoxy groups -OCH3 is 1. The summed E-state index contributed by atoms with van der Waals surface area (Å²) in [5.41, 5.74) is 5.02. The van der Waals surface area contributed by atoms with Gasteiger partial charge in [-0.2, -0.15) is 0 Å². The summed E-state index contributed by atoms with van der Waals surface area (Å²) in [7, 11) is 1.49. The summed E-state index contributed by atoms with van der Waals surface area (Å²) in [5.74, 6) is 0.549. The second kappa shape index (κ2) is 9.82. The lowest BCUT2D eigenvalue weighted by Gasteiger charge is -2.15. The number of carbonyl (C=O) groups is 2. The Kier molecular flexibility index (Phi) is 7.48. The van der Waals surface area contributed by atoms with Crippen LogP contribution in [0.1, 0.15) is 24.2 Å². The number of hydrazine groups is 1. The molecule has 2 amide bonds. The SMILES string of the molecule is CCOc1ccc(C(=O)NNC(=O)[C@@H](C)Oc2ccc(Br)cc2)cc1OC.